The number of hydrogen-bond acceptors (Lipinski definition) is 3. The molecule has 1 heterocycles. The van der Waals surface area contributed by atoms with Crippen LogP contribution >= 0.6 is 0 Å². The number of esters is 1. The Balaban J connectivity index is 2.21. The second-order valence-electron chi connectivity index (χ2n) is 2.85. The Morgan fingerprint density at radius 2 is 2.42 bits per heavy atom. The van der Waals surface area contributed by atoms with E-state index in [4.69, 9.17) is 9.47 Å². The van der Waals surface area contributed by atoms with Gasteiger partial charge in [0, 0.05) is 5.57 Å². The van der Waals surface area contributed by atoms with E-state index in [1.165, 1.54) is 0 Å². The van der Waals surface area contributed by atoms with E-state index in [0.29, 0.717) is 12.2 Å². The third-order valence-corrected chi connectivity index (χ3v) is 1.63. The third-order valence-electron chi connectivity index (χ3n) is 1.63. The van der Waals surface area contributed by atoms with E-state index in [-0.39, 0.29) is 12.1 Å². The van der Waals surface area contributed by atoms with Crippen LogP contribution in [0.1, 0.15) is 20.3 Å². The first-order valence-electron chi connectivity index (χ1n) is 4.19. The van der Waals surface area contributed by atoms with Crippen molar-refractivity contribution in [3.05, 3.63) is 11.6 Å². The van der Waals surface area contributed by atoms with Gasteiger partial charge in [-0.15, -0.1) is 0 Å². The van der Waals surface area contributed by atoms with Gasteiger partial charge in [-0.2, -0.15) is 0 Å². The van der Waals surface area contributed by atoms with Crippen molar-refractivity contribution in [2.75, 3.05) is 13.2 Å². The molecule has 0 aliphatic carbocycles. The molecule has 1 atom stereocenters. The summed E-state index contributed by atoms with van der Waals surface area (Å²) in [5.74, 6) is -0.229. The Kier molecular flexibility index (Phi) is 3.29. The molecule has 1 aliphatic rings. The Morgan fingerprint density at radius 3 is 2.92 bits per heavy atom. The molecule has 12 heavy (non-hydrogen) atoms. The lowest BCUT2D eigenvalue weighted by Gasteiger charge is -2.01. The summed E-state index contributed by atoms with van der Waals surface area (Å²) < 4.78 is 9.85. The lowest BCUT2D eigenvalue weighted by Crippen LogP contribution is -2.10. The number of rotatable bonds is 4. The second-order valence-corrected chi connectivity index (χ2v) is 2.85. The fraction of sp³-hybridized carbons (Fsp3) is 0.667. The zero-order valence-corrected chi connectivity index (χ0v) is 7.50. The van der Waals surface area contributed by atoms with Gasteiger partial charge in [0.15, 0.2) is 0 Å². The Morgan fingerprint density at radius 1 is 1.75 bits per heavy atom. The van der Waals surface area contributed by atoms with E-state index >= 15 is 0 Å². The minimum atomic E-state index is -0.229. The highest BCUT2D eigenvalue weighted by Gasteiger charge is 2.24. The Labute approximate surface area is 72.4 Å². The van der Waals surface area contributed by atoms with Crippen LogP contribution in [-0.4, -0.2) is 25.3 Å². The van der Waals surface area contributed by atoms with Crippen molar-refractivity contribution in [3.63, 3.8) is 0 Å². The summed E-state index contributed by atoms with van der Waals surface area (Å²) in [7, 11) is 0. The van der Waals surface area contributed by atoms with Crippen molar-refractivity contribution in [1.82, 2.24) is 0 Å². The van der Waals surface area contributed by atoms with Gasteiger partial charge < -0.3 is 9.47 Å². The van der Waals surface area contributed by atoms with Gasteiger partial charge >= 0.3 is 5.97 Å². The molecule has 1 fully saturated rings. The van der Waals surface area contributed by atoms with Crippen molar-refractivity contribution in [3.8, 4) is 0 Å². The van der Waals surface area contributed by atoms with E-state index in [9.17, 15) is 4.79 Å². The van der Waals surface area contributed by atoms with Crippen LogP contribution in [0, 0.1) is 0 Å². The first kappa shape index (κ1) is 9.26. The number of carbonyl (C=O) groups is 1. The highest BCUT2D eigenvalue weighted by Crippen LogP contribution is 2.09. The molecule has 0 aromatic heterocycles. The van der Waals surface area contributed by atoms with Crippen molar-refractivity contribution < 1.29 is 14.3 Å². The Bertz CT molecular complexity index is 192. The van der Waals surface area contributed by atoms with E-state index in [1.807, 2.05) is 13.0 Å². The van der Waals surface area contributed by atoms with Gasteiger partial charge in [-0.1, -0.05) is 13.0 Å². The molecule has 0 amide bonds. The summed E-state index contributed by atoms with van der Waals surface area (Å²) in [6.07, 6.45) is 2.88. The van der Waals surface area contributed by atoms with Crippen LogP contribution in [0.3, 0.4) is 0 Å². The maximum absolute atomic E-state index is 11.1. The average Bonchev–Trinajstić information content (AvgIpc) is 2.83. The van der Waals surface area contributed by atoms with Crippen LogP contribution in [0.25, 0.3) is 0 Å². The summed E-state index contributed by atoms with van der Waals surface area (Å²) in [6, 6.07) is 0. The van der Waals surface area contributed by atoms with Gasteiger partial charge in [0.1, 0.15) is 12.7 Å². The van der Waals surface area contributed by atoms with Crippen LogP contribution in [0.15, 0.2) is 11.6 Å². The van der Waals surface area contributed by atoms with Gasteiger partial charge in [0.2, 0.25) is 0 Å². The molecule has 0 bridgehead atoms. The van der Waals surface area contributed by atoms with E-state index in [2.05, 4.69) is 0 Å². The van der Waals surface area contributed by atoms with Gasteiger partial charge in [-0.3, -0.25) is 0 Å². The Hall–Kier alpha value is -0.830. The molecule has 0 saturated carbocycles. The predicted octanol–water partition coefficient (Wildman–Crippen LogP) is 1.28. The molecule has 0 N–H and O–H groups in total. The van der Waals surface area contributed by atoms with Crippen LogP contribution < -0.4 is 0 Å². The number of epoxide rings is 1. The van der Waals surface area contributed by atoms with Gasteiger partial charge in [-0.25, -0.2) is 4.79 Å². The molecule has 0 radical (unpaired) electrons. The van der Waals surface area contributed by atoms with Crippen molar-refractivity contribution in [2.45, 2.75) is 26.4 Å². The molecular formula is C9H14O3. The third kappa shape index (κ3) is 3.05. The lowest BCUT2D eigenvalue weighted by molar-refractivity contribution is -0.139. The second kappa shape index (κ2) is 4.26. The molecule has 3 heteroatoms. The molecule has 0 aromatic rings. The molecule has 3 nitrogen and oxygen atoms in total. The first-order valence-corrected chi connectivity index (χ1v) is 4.19. The predicted molar refractivity (Wildman–Crippen MR) is 44.7 cm³/mol. The summed E-state index contributed by atoms with van der Waals surface area (Å²) >= 11 is 0. The molecule has 0 aromatic carbocycles. The highest BCUT2D eigenvalue weighted by atomic mass is 16.6. The maximum atomic E-state index is 11.1. The van der Waals surface area contributed by atoms with Crippen LogP contribution in [0.2, 0.25) is 0 Å². The molecule has 0 spiro atoms. The molecule has 1 rings (SSSR count). The first-order chi connectivity index (χ1) is 5.74. The zero-order valence-electron chi connectivity index (χ0n) is 7.50. The maximum Gasteiger partial charge on any atom is 0.333 e. The summed E-state index contributed by atoms with van der Waals surface area (Å²) in [4.78, 5) is 11.1. The highest BCUT2D eigenvalue weighted by molar-refractivity contribution is 5.87. The largest absolute Gasteiger partial charge is 0.459 e. The number of ether oxygens (including phenoxy) is 2. The standard InChI is InChI=1S/C9H14O3/c1-3-4-7(2)9(10)12-6-8-5-11-8/h4,8H,3,5-6H2,1-2H3/b7-4+. The fourth-order valence-corrected chi connectivity index (χ4v) is 0.836. The van der Waals surface area contributed by atoms with Crippen LogP contribution in [0.5, 0.6) is 0 Å². The molecule has 1 unspecified atom stereocenters. The smallest absolute Gasteiger partial charge is 0.333 e. The van der Waals surface area contributed by atoms with E-state index in [1.54, 1.807) is 6.92 Å². The molecule has 1 saturated heterocycles. The van der Waals surface area contributed by atoms with Crippen molar-refractivity contribution in [1.29, 1.82) is 0 Å². The summed E-state index contributed by atoms with van der Waals surface area (Å²) in [6.45, 7) is 4.87. The van der Waals surface area contributed by atoms with Crippen molar-refractivity contribution >= 4 is 5.97 Å². The summed E-state index contributed by atoms with van der Waals surface area (Å²) in [5, 5.41) is 0. The number of hydrogen-bond donors (Lipinski definition) is 0. The minimum Gasteiger partial charge on any atom is -0.459 e. The van der Waals surface area contributed by atoms with Crippen LogP contribution in [-0.2, 0) is 14.3 Å². The lowest BCUT2D eigenvalue weighted by atomic mass is 10.2. The topological polar surface area (TPSA) is 38.8 Å². The zero-order chi connectivity index (χ0) is 8.97. The van der Waals surface area contributed by atoms with Gasteiger partial charge in [0.25, 0.3) is 0 Å². The number of carbonyl (C=O) groups excluding carboxylic acids is 1. The minimum absolute atomic E-state index is 0.156. The monoisotopic (exact) mass is 170 g/mol. The van der Waals surface area contributed by atoms with Gasteiger partial charge in [-0.05, 0) is 13.3 Å². The average molecular weight is 170 g/mol. The van der Waals surface area contributed by atoms with Gasteiger partial charge in [0.05, 0.1) is 6.61 Å². The molecule has 1 aliphatic heterocycles. The van der Waals surface area contributed by atoms with Crippen LogP contribution in [0.4, 0.5) is 0 Å². The molecular weight excluding hydrogens is 156 g/mol. The van der Waals surface area contributed by atoms with E-state index in [0.717, 1.165) is 13.0 Å². The van der Waals surface area contributed by atoms with E-state index < -0.39 is 0 Å². The number of allylic oxidation sites excluding steroid dienone is 1. The summed E-state index contributed by atoms with van der Waals surface area (Å²) in [5.41, 5.74) is 0.679. The SMILES string of the molecule is CC/C=C(\C)C(=O)OCC1CO1. The van der Waals surface area contributed by atoms with Crippen molar-refractivity contribution in [2.24, 2.45) is 0 Å². The quantitative estimate of drug-likeness (QED) is 0.362. The molecule has 68 valence electrons. The normalized spacial score (nSPS) is 22.2. The fourth-order valence-electron chi connectivity index (χ4n) is 0.836.